The number of nitrogens with two attached hydrogens (primary N) is 1. The van der Waals surface area contributed by atoms with Gasteiger partial charge in [-0.3, -0.25) is 14.0 Å². The number of fused-ring (bicyclic) bond motifs is 2. The Balaban J connectivity index is 1.39. The summed E-state index contributed by atoms with van der Waals surface area (Å²) in [5, 5.41) is 2.39. The van der Waals surface area contributed by atoms with Crippen molar-refractivity contribution < 1.29 is 27.5 Å². The summed E-state index contributed by atoms with van der Waals surface area (Å²) in [6.45, 7) is 2.55. The fourth-order valence-corrected chi connectivity index (χ4v) is 6.14. The van der Waals surface area contributed by atoms with Crippen molar-refractivity contribution in [2.24, 2.45) is 0 Å². The number of nitrogens with one attached hydrogen (secondary N) is 1. The van der Waals surface area contributed by atoms with Crippen LogP contribution in [0.5, 0.6) is 5.75 Å². The lowest BCUT2D eigenvalue weighted by atomic mass is 9.92. The van der Waals surface area contributed by atoms with Crippen molar-refractivity contribution in [1.82, 2.24) is 24.3 Å². The normalized spacial score (nSPS) is 18.6. The number of nitrogens with zero attached hydrogens (tertiary/aromatic N) is 5. The van der Waals surface area contributed by atoms with Crippen LogP contribution in [0, 0.1) is 0 Å². The molecule has 0 unspecified atom stereocenters. The molecule has 0 radical (unpaired) electrons. The van der Waals surface area contributed by atoms with E-state index >= 15 is 0 Å². The molecule has 2 amide bonds. The Morgan fingerprint density at radius 2 is 2.00 bits per heavy atom. The smallest absolute Gasteiger partial charge is 0.416 e. The van der Waals surface area contributed by atoms with Crippen molar-refractivity contribution >= 4 is 40.6 Å². The highest BCUT2D eigenvalue weighted by atomic mass is 35.5. The average molecular weight is 614 g/mol. The Kier molecular flexibility index (Phi) is 7.36. The molecule has 1 aromatic carbocycles. The summed E-state index contributed by atoms with van der Waals surface area (Å²) >= 11 is 6.60. The van der Waals surface area contributed by atoms with Crippen molar-refractivity contribution in [2.45, 2.75) is 50.7 Å². The summed E-state index contributed by atoms with van der Waals surface area (Å²) < 4.78 is 47.2. The minimum absolute atomic E-state index is 0.0104. The van der Waals surface area contributed by atoms with Crippen LogP contribution >= 0.6 is 11.6 Å². The Labute approximate surface area is 249 Å². The van der Waals surface area contributed by atoms with Gasteiger partial charge in [0.15, 0.2) is 0 Å². The van der Waals surface area contributed by atoms with E-state index in [1.807, 2.05) is 9.30 Å². The molecule has 3 aromatic heterocycles. The van der Waals surface area contributed by atoms with Crippen LogP contribution in [0.4, 0.5) is 24.8 Å². The Morgan fingerprint density at radius 3 is 2.77 bits per heavy atom. The Morgan fingerprint density at radius 1 is 1.19 bits per heavy atom. The summed E-state index contributed by atoms with van der Waals surface area (Å²) in [5.41, 5.74) is 6.78. The van der Waals surface area contributed by atoms with Crippen molar-refractivity contribution in [2.75, 3.05) is 24.2 Å². The fourth-order valence-electron chi connectivity index (χ4n) is 5.89. The number of amides is 2. The zero-order chi connectivity index (χ0) is 30.5. The molecule has 0 saturated carbocycles. The van der Waals surface area contributed by atoms with E-state index in [-0.39, 0.29) is 52.4 Å². The lowest BCUT2D eigenvalue weighted by Gasteiger charge is -2.34. The molecule has 10 nitrogen and oxygen atoms in total. The highest BCUT2D eigenvalue weighted by Crippen LogP contribution is 2.42. The third kappa shape index (κ3) is 5.33. The first-order valence-electron chi connectivity index (χ1n) is 13.8. The van der Waals surface area contributed by atoms with Gasteiger partial charge in [-0.05, 0) is 50.5 Å². The first-order valence-corrected chi connectivity index (χ1v) is 14.2. The number of nitrogen functional groups attached to an aromatic ring is 1. The minimum atomic E-state index is -4.60. The van der Waals surface area contributed by atoms with E-state index in [4.69, 9.17) is 27.1 Å². The number of aromatic nitrogens is 4. The SMILES string of the molecule is CCOc1cc(C(=O)Nc2cc(C(F)(F)F)ccn2)c(Cl)cc1-c1nc([C@@H]2CC[C@H]3CCC(=O)N3C2)n2ccnc(N)c12. The van der Waals surface area contributed by atoms with E-state index in [0.29, 0.717) is 35.6 Å². The first-order chi connectivity index (χ1) is 20.5. The number of halogens is 4. The lowest BCUT2D eigenvalue weighted by molar-refractivity contribution is -0.137. The number of piperidine rings is 1. The zero-order valence-corrected chi connectivity index (χ0v) is 23.7. The molecule has 5 heterocycles. The molecule has 2 aliphatic rings. The molecule has 6 rings (SSSR count). The van der Waals surface area contributed by atoms with Crippen molar-refractivity contribution in [3.63, 3.8) is 0 Å². The monoisotopic (exact) mass is 613 g/mol. The minimum Gasteiger partial charge on any atom is -0.493 e. The summed E-state index contributed by atoms with van der Waals surface area (Å²) in [4.78, 5) is 40.7. The molecule has 43 heavy (non-hydrogen) atoms. The molecule has 2 fully saturated rings. The topological polar surface area (TPSA) is 128 Å². The largest absolute Gasteiger partial charge is 0.493 e. The van der Waals surface area contributed by atoms with Crippen molar-refractivity contribution in [3.05, 3.63) is 64.8 Å². The number of imidazole rings is 1. The molecule has 14 heteroatoms. The van der Waals surface area contributed by atoms with Crippen LogP contribution in [0.2, 0.25) is 5.02 Å². The lowest BCUT2D eigenvalue weighted by Crippen LogP contribution is -2.41. The van der Waals surface area contributed by atoms with Gasteiger partial charge in [0.2, 0.25) is 5.91 Å². The fraction of sp³-hybridized carbons (Fsp3) is 0.345. The summed E-state index contributed by atoms with van der Waals surface area (Å²) in [7, 11) is 0. The Bertz CT molecular complexity index is 1740. The number of benzene rings is 1. The van der Waals surface area contributed by atoms with E-state index in [9.17, 15) is 22.8 Å². The zero-order valence-electron chi connectivity index (χ0n) is 23.0. The number of ether oxygens (including phenoxy) is 1. The number of hydrogen-bond acceptors (Lipinski definition) is 7. The second-order valence-corrected chi connectivity index (χ2v) is 10.9. The van der Waals surface area contributed by atoms with Crippen LogP contribution < -0.4 is 15.8 Å². The van der Waals surface area contributed by atoms with Crippen LogP contribution in [-0.4, -0.2) is 55.3 Å². The van der Waals surface area contributed by atoms with Gasteiger partial charge in [-0.15, -0.1) is 0 Å². The molecule has 0 aliphatic carbocycles. The average Bonchev–Trinajstić information content (AvgIpc) is 3.55. The van der Waals surface area contributed by atoms with Gasteiger partial charge in [-0.2, -0.15) is 13.2 Å². The first kappa shape index (κ1) is 28.7. The highest BCUT2D eigenvalue weighted by Gasteiger charge is 2.38. The van der Waals surface area contributed by atoms with Crippen LogP contribution in [0.1, 0.15) is 60.3 Å². The third-order valence-electron chi connectivity index (χ3n) is 7.89. The van der Waals surface area contributed by atoms with E-state index < -0.39 is 17.6 Å². The van der Waals surface area contributed by atoms with Gasteiger partial charge in [-0.1, -0.05) is 11.6 Å². The number of hydrogen-bond donors (Lipinski definition) is 2. The van der Waals surface area contributed by atoms with Gasteiger partial charge in [-0.25, -0.2) is 15.0 Å². The van der Waals surface area contributed by atoms with Gasteiger partial charge in [0, 0.05) is 49.1 Å². The van der Waals surface area contributed by atoms with Gasteiger partial charge in [0.1, 0.15) is 34.4 Å². The van der Waals surface area contributed by atoms with Crippen molar-refractivity contribution in [1.29, 1.82) is 0 Å². The van der Waals surface area contributed by atoms with E-state index in [1.54, 1.807) is 19.3 Å². The number of carbonyl (C=O) groups is 2. The predicted octanol–water partition coefficient (Wildman–Crippen LogP) is 5.57. The van der Waals surface area contributed by atoms with Crippen LogP contribution in [-0.2, 0) is 11.0 Å². The van der Waals surface area contributed by atoms with Gasteiger partial charge in [0.25, 0.3) is 5.91 Å². The van der Waals surface area contributed by atoms with Gasteiger partial charge < -0.3 is 20.7 Å². The van der Waals surface area contributed by atoms with E-state index in [1.165, 1.54) is 12.1 Å². The number of anilines is 2. The predicted molar refractivity (Wildman–Crippen MR) is 153 cm³/mol. The standard InChI is InChI=1S/C29H27ClF3N7O3/c1-2-43-21-13-18(28(42)37-22-11-16(7-8-35-22)29(31,32)33)20(30)12-19(21)24-25-26(34)36-9-10-39(25)27(38-24)15-3-4-17-5-6-23(41)40(17)14-15/h7-13,15,17H,2-6,14H2,1H3,(H2,34,36)(H,35,37,42)/t15-,17+/m1/s1. The molecule has 2 atom stereocenters. The second kappa shape index (κ2) is 11.0. The number of pyridine rings is 1. The van der Waals surface area contributed by atoms with Crippen LogP contribution in [0.25, 0.3) is 16.8 Å². The van der Waals surface area contributed by atoms with Crippen molar-refractivity contribution in [3.8, 4) is 17.0 Å². The maximum Gasteiger partial charge on any atom is 0.416 e. The molecule has 2 aliphatic heterocycles. The summed E-state index contributed by atoms with van der Waals surface area (Å²) in [5.74, 6) is 0.253. The highest BCUT2D eigenvalue weighted by molar-refractivity contribution is 6.35. The Hall–Kier alpha value is -4.39. The summed E-state index contributed by atoms with van der Waals surface area (Å²) in [6, 6.07) is 4.73. The molecule has 224 valence electrons. The second-order valence-electron chi connectivity index (χ2n) is 10.5. The number of rotatable bonds is 6. The van der Waals surface area contributed by atoms with E-state index in [0.717, 1.165) is 37.6 Å². The van der Waals surface area contributed by atoms with E-state index in [2.05, 4.69) is 15.3 Å². The van der Waals surface area contributed by atoms with Gasteiger partial charge in [0.05, 0.1) is 22.8 Å². The summed E-state index contributed by atoms with van der Waals surface area (Å²) in [6.07, 6.45) is 2.85. The number of carbonyl (C=O) groups excluding carboxylic acids is 2. The molecule has 0 spiro atoms. The molecule has 0 bridgehead atoms. The molecule has 3 N–H and O–H groups in total. The molecular weight excluding hydrogens is 587 g/mol. The van der Waals surface area contributed by atoms with Gasteiger partial charge >= 0.3 is 6.18 Å². The third-order valence-corrected chi connectivity index (χ3v) is 8.20. The van der Waals surface area contributed by atoms with Crippen LogP contribution in [0.15, 0.2) is 42.9 Å². The quantitative estimate of drug-likeness (QED) is 0.291. The maximum atomic E-state index is 13.2. The molecular formula is C29H27ClF3N7O3. The van der Waals surface area contributed by atoms with Crippen LogP contribution in [0.3, 0.4) is 0 Å². The number of alkyl halides is 3. The maximum absolute atomic E-state index is 13.2. The molecule has 2 saturated heterocycles. The molecule has 4 aromatic rings.